The zero-order valence-electron chi connectivity index (χ0n) is 12.6. The average Bonchev–Trinajstić information content (AvgIpc) is 2.59. The van der Waals surface area contributed by atoms with Gasteiger partial charge in [0.2, 0.25) is 0 Å². The molecular formula is C11H22N4O4S2. The number of rotatable bonds is 7. The first-order valence-electron chi connectivity index (χ1n) is 6.39. The van der Waals surface area contributed by atoms with Crippen molar-refractivity contribution in [2.75, 3.05) is 35.9 Å². The molecule has 0 aliphatic carbocycles. The molecule has 0 saturated heterocycles. The van der Waals surface area contributed by atoms with Crippen molar-refractivity contribution in [3.8, 4) is 0 Å². The van der Waals surface area contributed by atoms with Gasteiger partial charge in [-0.2, -0.15) is 5.10 Å². The third-order valence-corrected chi connectivity index (χ3v) is 4.74. The Morgan fingerprint density at radius 2 is 1.81 bits per heavy atom. The Balaban J connectivity index is 3.18. The highest BCUT2D eigenvalue weighted by Crippen LogP contribution is 2.27. The second-order valence-corrected chi connectivity index (χ2v) is 9.68. The van der Waals surface area contributed by atoms with Crippen LogP contribution in [0.1, 0.15) is 13.8 Å². The summed E-state index contributed by atoms with van der Waals surface area (Å²) in [7, 11) is -6.76. The maximum Gasteiger partial charge on any atom is 0.182 e. The van der Waals surface area contributed by atoms with Crippen LogP contribution < -0.4 is 11.1 Å². The third-order valence-electron chi connectivity index (χ3n) is 2.67. The zero-order valence-corrected chi connectivity index (χ0v) is 14.3. The summed E-state index contributed by atoms with van der Waals surface area (Å²) in [5, 5.41) is 7.03. The van der Waals surface area contributed by atoms with E-state index in [-0.39, 0.29) is 28.8 Å². The van der Waals surface area contributed by atoms with E-state index in [0.717, 1.165) is 12.5 Å². The van der Waals surface area contributed by atoms with Crippen LogP contribution in [0.25, 0.3) is 0 Å². The molecule has 1 aromatic rings. The van der Waals surface area contributed by atoms with Crippen LogP contribution in [0.3, 0.4) is 0 Å². The minimum Gasteiger partial charge on any atom is -0.383 e. The number of hydrogen-bond donors (Lipinski definition) is 2. The van der Waals surface area contributed by atoms with Crippen LogP contribution in [-0.4, -0.2) is 51.4 Å². The highest BCUT2D eigenvalue weighted by atomic mass is 32.2. The second kappa shape index (κ2) is 6.22. The first kappa shape index (κ1) is 17.8. The average molecular weight is 338 g/mol. The van der Waals surface area contributed by atoms with Gasteiger partial charge in [0.05, 0.1) is 12.3 Å². The second-order valence-electron chi connectivity index (χ2n) is 5.46. The number of aryl methyl sites for hydroxylation is 1. The van der Waals surface area contributed by atoms with E-state index in [0.29, 0.717) is 12.5 Å². The Kier molecular flexibility index (Phi) is 5.26. The van der Waals surface area contributed by atoms with E-state index in [1.165, 1.54) is 4.68 Å². The van der Waals surface area contributed by atoms with Crippen molar-refractivity contribution < 1.29 is 16.8 Å². The Morgan fingerprint density at radius 3 is 2.24 bits per heavy atom. The summed E-state index contributed by atoms with van der Waals surface area (Å²) in [6.07, 6.45) is 2.14. The lowest BCUT2D eigenvalue weighted by molar-refractivity contribution is 0.587. The van der Waals surface area contributed by atoms with Crippen molar-refractivity contribution in [3.05, 3.63) is 0 Å². The number of nitrogen functional groups attached to an aromatic ring is 1. The van der Waals surface area contributed by atoms with Crippen LogP contribution in [0.15, 0.2) is 4.90 Å². The highest BCUT2D eigenvalue weighted by Gasteiger charge is 2.24. The smallest absolute Gasteiger partial charge is 0.182 e. The van der Waals surface area contributed by atoms with Crippen LogP contribution >= 0.6 is 0 Å². The Bertz CT molecular complexity index is 705. The van der Waals surface area contributed by atoms with Crippen LogP contribution in [0.2, 0.25) is 0 Å². The first-order chi connectivity index (χ1) is 9.42. The van der Waals surface area contributed by atoms with Gasteiger partial charge in [-0.25, -0.2) is 21.5 Å². The molecule has 0 aliphatic heterocycles. The Labute approximate surface area is 125 Å². The summed E-state index contributed by atoms with van der Waals surface area (Å²) >= 11 is 0. The quantitative estimate of drug-likeness (QED) is 0.716. The lowest BCUT2D eigenvalue weighted by Crippen LogP contribution is -2.14. The van der Waals surface area contributed by atoms with Crippen LogP contribution in [0.5, 0.6) is 0 Å². The Morgan fingerprint density at radius 1 is 1.24 bits per heavy atom. The van der Waals surface area contributed by atoms with E-state index < -0.39 is 19.7 Å². The molecule has 0 amide bonds. The van der Waals surface area contributed by atoms with E-state index in [2.05, 4.69) is 10.4 Å². The lowest BCUT2D eigenvalue weighted by Gasteiger charge is -2.07. The number of aromatic nitrogens is 2. The molecule has 0 bridgehead atoms. The van der Waals surface area contributed by atoms with Gasteiger partial charge in [-0.15, -0.1) is 0 Å². The van der Waals surface area contributed by atoms with Gasteiger partial charge in [-0.1, -0.05) is 13.8 Å². The molecule has 0 unspecified atom stereocenters. The van der Waals surface area contributed by atoms with Gasteiger partial charge in [0, 0.05) is 19.1 Å². The van der Waals surface area contributed by atoms with Gasteiger partial charge in [0.1, 0.15) is 15.7 Å². The van der Waals surface area contributed by atoms with Gasteiger partial charge < -0.3 is 11.1 Å². The van der Waals surface area contributed by atoms with Crippen molar-refractivity contribution in [1.29, 1.82) is 0 Å². The number of sulfone groups is 2. The lowest BCUT2D eigenvalue weighted by atomic mass is 10.2. The minimum atomic E-state index is -3.57. The van der Waals surface area contributed by atoms with Crippen molar-refractivity contribution in [2.45, 2.75) is 25.3 Å². The third kappa shape index (κ3) is 5.20. The van der Waals surface area contributed by atoms with E-state index in [1.54, 1.807) is 0 Å². The van der Waals surface area contributed by atoms with Crippen LogP contribution in [-0.2, 0) is 26.2 Å². The zero-order chi connectivity index (χ0) is 16.4. The van der Waals surface area contributed by atoms with Gasteiger partial charge in [0.15, 0.2) is 20.6 Å². The fourth-order valence-electron chi connectivity index (χ4n) is 1.66. The molecule has 0 fully saturated rings. The summed E-state index contributed by atoms with van der Waals surface area (Å²) in [5.74, 6) is 0.246. The number of nitrogens with two attached hydrogens (primary N) is 1. The van der Waals surface area contributed by atoms with Crippen molar-refractivity contribution in [1.82, 2.24) is 9.78 Å². The summed E-state index contributed by atoms with van der Waals surface area (Å²) in [6.45, 7) is 4.48. The summed E-state index contributed by atoms with van der Waals surface area (Å²) in [6, 6.07) is 0. The standard InChI is InChI=1S/C11H22N4O4S2/c1-8(2)7-13-11-9(21(4,18)19)10(12)15(14-11)5-6-20(3,16)17/h8H,5-7,12H2,1-4H3,(H,13,14). The molecule has 1 rings (SSSR count). The van der Waals surface area contributed by atoms with Crippen LogP contribution in [0, 0.1) is 5.92 Å². The van der Waals surface area contributed by atoms with E-state index >= 15 is 0 Å². The molecule has 0 aromatic carbocycles. The fourth-order valence-corrected chi connectivity index (χ4v) is 3.12. The molecule has 3 N–H and O–H groups in total. The first-order valence-corrected chi connectivity index (χ1v) is 10.3. The van der Waals surface area contributed by atoms with Crippen LogP contribution in [0.4, 0.5) is 11.6 Å². The molecule has 0 radical (unpaired) electrons. The number of anilines is 2. The molecule has 0 spiro atoms. The highest BCUT2D eigenvalue weighted by molar-refractivity contribution is 7.91. The molecule has 0 aliphatic rings. The monoisotopic (exact) mass is 338 g/mol. The summed E-state index contributed by atoms with van der Waals surface area (Å²) in [5.41, 5.74) is 5.81. The SMILES string of the molecule is CC(C)CNc1nn(CCS(C)(=O)=O)c(N)c1S(C)(=O)=O. The van der Waals surface area contributed by atoms with E-state index in [1.807, 2.05) is 13.8 Å². The maximum atomic E-state index is 11.8. The van der Waals surface area contributed by atoms with Crippen molar-refractivity contribution in [2.24, 2.45) is 5.92 Å². The molecular weight excluding hydrogens is 316 g/mol. The van der Waals surface area contributed by atoms with Gasteiger partial charge in [0.25, 0.3) is 0 Å². The Hall–Kier alpha value is -1.29. The molecule has 0 saturated carbocycles. The number of hydrogen-bond acceptors (Lipinski definition) is 7. The summed E-state index contributed by atoms with van der Waals surface area (Å²) < 4.78 is 47.3. The molecule has 21 heavy (non-hydrogen) atoms. The maximum absolute atomic E-state index is 11.8. The fraction of sp³-hybridized carbons (Fsp3) is 0.727. The topological polar surface area (TPSA) is 124 Å². The van der Waals surface area contributed by atoms with Crippen molar-refractivity contribution in [3.63, 3.8) is 0 Å². The molecule has 10 heteroatoms. The largest absolute Gasteiger partial charge is 0.383 e. The molecule has 8 nitrogen and oxygen atoms in total. The summed E-state index contributed by atoms with van der Waals surface area (Å²) in [4.78, 5) is -0.0864. The predicted octanol–water partition coefficient (Wildman–Crippen LogP) is -0.0187. The number of nitrogens with one attached hydrogen (secondary N) is 1. The minimum absolute atomic E-state index is 0.0105. The van der Waals surface area contributed by atoms with Gasteiger partial charge in [-0.3, -0.25) is 0 Å². The van der Waals surface area contributed by atoms with E-state index in [4.69, 9.17) is 5.73 Å². The molecule has 1 aromatic heterocycles. The van der Waals surface area contributed by atoms with Gasteiger partial charge >= 0.3 is 0 Å². The predicted molar refractivity (Wildman–Crippen MR) is 82.8 cm³/mol. The van der Waals surface area contributed by atoms with Gasteiger partial charge in [-0.05, 0) is 5.92 Å². The van der Waals surface area contributed by atoms with Crippen molar-refractivity contribution >= 4 is 31.3 Å². The van der Waals surface area contributed by atoms with E-state index in [9.17, 15) is 16.8 Å². The normalized spacial score (nSPS) is 12.8. The molecule has 1 heterocycles. The molecule has 0 atom stereocenters. The number of nitrogens with zero attached hydrogens (tertiary/aromatic N) is 2. The molecule has 122 valence electrons.